The molecule has 0 saturated heterocycles. The molecule has 0 unspecified atom stereocenters. The second kappa shape index (κ2) is 14.3. The summed E-state index contributed by atoms with van der Waals surface area (Å²) in [4.78, 5) is 29.2. The van der Waals surface area contributed by atoms with E-state index in [4.69, 9.17) is 37.4 Å². The van der Waals surface area contributed by atoms with E-state index in [0.717, 1.165) is 18.9 Å². The minimum absolute atomic E-state index is 0.0282. The third-order valence-electron chi connectivity index (χ3n) is 6.31. The summed E-state index contributed by atoms with van der Waals surface area (Å²) in [7, 11) is -2.60. The van der Waals surface area contributed by atoms with Crippen LogP contribution in [0.3, 0.4) is 0 Å². The Labute approximate surface area is 256 Å². The summed E-state index contributed by atoms with van der Waals surface area (Å²) in [6, 6.07) is 9.17. The topological polar surface area (TPSA) is 130 Å². The van der Waals surface area contributed by atoms with E-state index >= 15 is 0 Å². The highest BCUT2D eigenvalue weighted by Crippen LogP contribution is 2.38. The number of esters is 2. The van der Waals surface area contributed by atoms with Crippen molar-refractivity contribution in [3.05, 3.63) is 81.6 Å². The quantitative estimate of drug-likeness (QED) is 0.227. The molecule has 1 heterocycles. The summed E-state index contributed by atoms with van der Waals surface area (Å²) in [5.41, 5.74) is 0.619. The average molecular weight is 659 g/mol. The number of aromatic nitrogens is 1. The van der Waals surface area contributed by atoms with E-state index in [9.17, 15) is 26.8 Å². The van der Waals surface area contributed by atoms with Crippen molar-refractivity contribution in [2.45, 2.75) is 36.9 Å². The Kier molecular flexibility index (Phi) is 10.8. The maximum absolute atomic E-state index is 13.0. The molecular weight excluding hydrogens is 633 g/mol. The van der Waals surface area contributed by atoms with Crippen LogP contribution in [0.1, 0.15) is 40.4 Å². The molecule has 0 amide bonds. The molecular formula is C28H26Cl2F2N2O8S. The number of hydrogen-bond donors (Lipinski definition) is 1. The average Bonchev–Trinajstić information content (AvgIpc) is 3.81. The summed E-state index contributed by atoms with van der Waals surface area (Å²) < 4.78 is 73.4. The Hall–Kier alpha value is -3.52. The van der Waals surface area contributed by atoms with E-state index in [1.807, 2.05) is 0 Å². The number of pyridine rings is 1. The molecule has 43 heavy (non-hydrogen) atoms. The molecule has 1 N–H and O–H groups in total. The molecule has 1 atom stereocenters. The largest absolute Gasteiger partial charge is 0.489 e. The SMILES string of the molecule is CNS(=O)(=O)c1cccc(C(=O)OCC(=O)O[C@@H](Cc2c(Cl)cncc2Cl)c2ccc(OC(F)F)c(OCC3CC3)c2)c1. The van der Waals surface area contributed by atoms with E-state index in [0.29, 0.717) is 23.7 Å². The minimum atomic E-state index is -3.82. The maximum Gasteiger partial charge on any atom is 0.387 e. The van der Waals surface area contributed by atoms with Gasteiger partial charge in [-0.15, -0.1) is 0 Å². The first-order valence-corrected chi connectivity index (χ1v) is 15.1. The first-order chi connectivity index (χ1) is 20.5. The molecule has 10 nitrogen and oxygen atoms in total. The van der Waals surface area contributed by atoms with Crippen molar-refractivity contribution in [2.24, 2.45) is 5.92 Å². The smallest absolute Gasteiger partial charge is 0.387 e. The van der Waals surface area contributed by atoms with Gasteiger partial charge in [-0.1, -0.05) is 35.3 Å². The van der Waals surface area contributed by atoms with Crippen LogP contribution < -0.4 is 14.2 Å². The van der Waals surface area contributed by atoms with E-state index < -0.39 is 41.3 Å². The Morgan fingerprint density at radius 2 is 1.79 bits per heavy atom. The molecule has 1 aliphatic carbocycles. The number of alkyl halides is 2. The normalized spacial score (nSPS) is 13.8. The van der Waals surface area contributed by atoms with Crippen LogP contribution in [0.15, 0.2) is 59.8 Å². The van der Waals surface area contributed by atoms with Crippen molar-refractivity contribution >= 4 is 45.2 Å². The van der Waals surface area contributed by atoms with Crippen LogP contribution in [0, 0.1) is 5.92 Å². The fourth-order valence-electron chi connectivity index (χ4n) is 3.88. The van der Waals surface area contributed by atoms with Crippen LogP contribution in [0.25, 0.3) is 0 Å². The first kappa shape index (κ1) is 32.4. The van der Waals surface area contributed by atoms with Gasteiger partial charge >= 0.3 is 18.6 Å². The zero-order chi connectivity index (χ0) is 31.1. The maximum atomic E-state index is 13.0. The van der Waals surface area contributed by atoms with Crippen molar-refractivity contribution in [2.75, 3.05) is 20.3 Å². The van der Waals surface area contributed by atoms with Gasteiger partial charge in [0.1, 0.15) is 6.10 Å². The van der Waals surface area contributed by atoms with Crippen LogP contribution in [-0.2, 0) is 30.7 Å². The molecule has 0 aliphatic heterocycles. The van der Waals surface area contributed by atoms with Gasteiger partial charge < -0.3 is 18.9 Å². The van der Waals surface area contributed by atoms with Gasteiger partial charge in [0.05, 0.1) is 27.1 Å². The van der Waals surface area contributed by atoms with Crippen molar-refractivity contribution in [1.82, 2.24) is 9.71 Å². The predicted octanol–water partition coefficient (Wildman–Crippen LogP) is 5.37. The molecule has 3 aromatic rings. The van der Waals surface area contributed by atoms with Gasteiger partial charge in [-0.25, -0.2) is 22.7 Å². The second-order valence-electron chi connectivity index (χ2n) is 9.41. The lowest BCUT2D eigenvalue weighted by Crippen LogP contribution is -2.21. The van der Waals surface area contributed by atoms with Crippen LogP contribution in [0.2, 0.25) is 10.0 Å². The van der Waals surface area contributed by atoms with Crippen LogP contribution in [0.4, 0.5) is 8.78 Å². The summed E-state index contributed by atoms with van der Waals surface area (Å²) in [5.74, 6) is -1.79. The number of sulfonamides is 1. The molecule has 4 rings (SSSR count). The predicted molar refractivity (Wildman–Crippen MR) is 151 cm³/mol. The van der Waals surface area contributed by atoms with Crippen LogP contribution >= 0.6 is 23.2 Å². The van der Waals surface area contributed by atoms with Gasteiger partial charge in [-0.3, -0.25) is 4.98 Å². The number of ether oxygens (including phenoxy) is 4. The first-order valence-electron chi connectivity index (χ1n) is 12.9. The number of rotatable bonds is 14. The van der Waals surface area contributed by atoms with Gasteiger partial charge in [-0.05, 0) is 67.3 Å². The van der Waals surface area contributed by atoms with Crippen LogP contribution in [0.5, 0.6) is 11.5 Å². The summed E-state index contributed by atoms with van der Waals surface area (Å²) in [5, 5.41) is 0.387. The minimum Gasteiger partial charge on any atom is -0.489 e. The van der Waals surface area contributed by atoms with Gasteiger partial charge in [0.2, 0.25) is 10.0 Å². The number of nitrogens with zero attached hydrogens (tertiary/aromatic N) is 1. The molecule has 230 valence electrons. The monoisotopic (exact) mass is 658 g/mol. The number of hydrogen-bond acceptors (Lipinski definition) is 9. The lowest BCUT2D eigenvalue weighted by Gasteiger charge is -2.21. The Bertz CT molecular complexity index is 1570. The lowest BCUT2D eigenvalue weighted by molar-refractivity contribution is -0.153. The summed E-state index contributed by atoms with van der Waals surface area (Å²) in [6.07, 6.45) is 3.49. The number of halogens is 4. The summed E-state index contributed by atoms with van der Waals surface area (Å²) >= 11 is 12.6. The van der Waals surface area contributed by atoms with E-state index in [1.54, 1.807) is 0 Å². The third kappa shape index (κ3) is 8.99. The second-order valence-corrected chi connectivity index (χ2v) is 12.1. The highest BCUT2D eigenvalue weighted by atomic mass is 35.5. The van der Waals surface area contributed by atoms with E-state index in [2.05, 4.69) is 14.4 Å². The molecule has 0 bridgehead atoms. The van der Waals surface area contributed by atoms with Crippen molar-refractivity contribution in [3.63, 3.8) is 0 Å². The highest BCUT2D eigenvalue weighted by Gasteiger charge is 2.26. The van der Waals surface area contributed by atoms with E-state index in [1.165, 1.54) is 55.8 Å². The number of carbonyl (C=O) groups is 2. The Balaban J connectivity index is 1.55. The van der Waals surface area contributed by atoms with Gasteiger partial charge in [0, 0.05) is 18.8 Å². The zero-order valence-corrected chi connectivity index (χ0v) is 24.9. The van der Waals surface area contributed by atoms with Crippen LogP contribution in [-0.4, -0.2) is 52.2 Å². The van der Waals surface area contributed by atoms with Crippen molar-refractivity contribution < 1.29 is 45.7 Å². The number of carbonyl (C=O) groups excluding carboxylic acids is 2. The van der Waals surface area contributed by atoms with Gasteiger partial charge in [-0.2, -0.15) is 8.78 Å². The van der Waals surface area contributed by atoms with Gasteiger partial charge in [0.15, 0.2) is 18.1 Å². The van der Waals surface area contributed by atoms with E-state index in [-0.39, 0.29) is 38.4 Å². The molecule has 2 aromatic carbocycles. The standard InChI is InChI=1S/C28H26Cl2F2N2O8S/c1-33-43(37,38)19-4-2-3-18(9-19)27(36)40-15-26(35)41-24(11-20-21(29)12-34-13-22(20)30)17-7-8-23(42-28(31)32)25(10-17)39-14-16-5-6-16/h2-4,7-10,12-13,16,24,28,33H,5-6,11,14-15H2,1H3/t24-/m0/s1. The Morgan fingerprint density at radius 1 is 1.07 bits per heavy atom. The lowest BCUT2D eigenvalue weighted by atomic mass is 10.0. The highest BCUT2D eigenvalue weighted by molar-refractivity contribution is 7.89. The number of benzene rings is 2. The molecule has 1 saturated carbocycles. The third-order valence-corrected chi connectivity index (χ3v) is 8.38. The molecule has 1 aromatic heterocycles. The fraction of sp³-hybridized carbons (Fsp3) is 0.321. The molecule has 15 heteroatoms. The molecule has 1 fully saturated rings. The Morgan fingerprint density at radius 3 is 2.44 bits per heavy atom. The van der Waals surface area contributed by atoms with Gasteiger partial charge in [0.25, 0.3) is 0 Å². The summed E-state index contributed by atoms with van der Waals surface area (Å²) in [6.45, 7) is -3.62. The molecule has 0 radical (unpaired) electrons. The van der Waals surface area contributed by atoms with Crippen molar-refractivity contribution in [1.29, 1.82) is 0 Å². The molecule has 1 aliphatic rings. The zero-order valence-electron chi connectivity index (χ0n) is 22.6. The van der Waals surface area contributed by atoms with Crippen molar-refractivity contribution in [3.8, 4) is 11.5 Å². The fourth-order valence-corrected chi connectivity index (χ4v) is 5.17. The molecule has 0 spiro atoms. The number of nitrogens with one attached hydrogen (secondary N) is 1.